The molecule has 0 fully saturated rings. The zero-order valence-electron chi connectivity index (χ0n) is 13.8. The Bertz CT molecular complexity index is 806. The second kappa shape index (κ2) is 7.42. The highest BCUT2D eigenvalue weighted by Crippen LogP contribution is 2.22. The van der Waals surface area contributed by atoms with E-state index in [1.807, 2.05) is 6.07 Å². The van der Waals surface area contributed by atoms with Crippen molar-refractivity contribution in [3.63, 3.8) is 0 Å². The first-order valence-corrected chi connectivity index (χ1v) is 7.52. The topological polar surface area (TPSA) is 70.4 Å². The van der Waals surface area contributed by atoms with E-state index in [0.717, 1.165) is 0 Å². The Kier molecular flexibility index (Phi) is 5.33. The molecule has 0 aliphatic rings. The Hall–Kier alpha value is -3.13. The van der Waals surface area contributed by atoms with Crippen LogP contribution < -0.4 is 4.90 Å². The number of ether oxygens (including phenoxy) is 1. The van der Waals surface area contributed by atoms with Gasteiger partial charge in [0.25, 0.3) is 5.91 Å². The largest absolute Gasteiger partial charge is 0.459 e. The van der Waals surface area contributed by atoms with Gasteiger partial charge >= 0.3 is 5.97 Å². The second-order valence-corrected chi connectivity index (χ2v) is 5.53. The summed E-state index contributed by atoms with van der Waals surface area (Å²) >= 11 is 0. The Balaban J connectivity index is 2.36. The normalized spacial score (nSPS) is 10.1. The number of carbonyl (C=O) groups is 2. The summed E-state index contributed by atoms with van der Waals surface area (Å²) in [5.41, 5.74) is 1.55. The predicted octanol–water partition coefficient (Wildman–Crippen LogP) is 3.40. The van der Waals surface area contributed by atoms with Crippen molar-refractivity contribution in [1.82, 2.24) is 0 Å². The predicted molar refractivity (Wildman–Crippen MR) is 90.9 cm³/mol. The number of rotatable bonds is 4. The molecule has 0 radical (unpaired) electrons. The van der Waals surface area contributed by atoms with E-state index in [1.54, 1.807) is 63.4 Å². The van der Waals surface area contributed by atoms with Crippen molar-refractivity contribution >= 4 is 17.6 Å². The zero-order chi connectivity index (χ0) is 17.7. The molecule has 0 aromatic heterocycles. The van der Waals surface area contributed by atoms with E-state index in [1.165, 1.54) is 11.0 Å². The third kappa shape index (κ3) is 3.79. The quantitative estimate of drug-likeness (QED) is 0.809. The lowest BCUT2D eigenvalue weighted by molar-refractivity contribution is 0.0379. The molecule has 1 amide bonds. The van der Waals surface area contributed by atoms with Crippen LogP contribution in [-0.2, 0) is 4.74 Å². The average Bonchev–Trinajstić information content (AvgIpc) is 2.60. The number of carbonyl (C=O) groups excluding carboxylic acids is 2. The fourth-order valence-corrected chi connectivity index (χ4v) is 2.24. The van der Waals surface area contributed by atoms with Crippen LogP contribution in [0.4, 0.5) is 5.69 Å². The van der Waals surface area contributed by atoms with Crippen molar-refractivity contribution in [3.8, 4) is 6.07 Å². The number of esters is 1. The summed E-state index contributed by atoms with van der Waals surface area (Å²) < 4.78 is 5.23. The molecule has 2 aromatic rings. The first-order valence-electron chi connectivity index (χ1n) is 7.52. The van der Waals surface area contributed by atoms with E-state index in [-0.39, 0.29) is 12.0 Å². The molecule has 5 heteroatoms. The monoisotopic (exact) mass is 322 g/mol. The summed E-state index contributed by atoms with van der Waals surface area (Å²) in [6.07, 6.45) is -0.251. The highest BCUT2D eigenvalue weighted by Gasteiger charge is 2.21. The number of amides is 1. The number of hydrogen-bond acceptors (Lipinski definition) is 4. The minimum absolute atomic E-state index is 0.251. The van der Waals surface area contributed by atoms with Gasteiger partial charge in [-0.2, -0.15) is 5.26 Å². The number of hydrogen-bond donors (Lipinski definition) is 0. The molecule has 24 heavy (non-hydrogen) atoms. The van der Waals surface area contributed by atoms with Gasteiger partial charge in [0.15, 0.2) is 0 Å². The summed E-state index contributed by atoms with van der Waals surface area (Å²) in [7, 11) is 1.59. The van der Waals surface area contributed by atoms with Gasteiger partial charge in [-0.05, 0) is 44.2 Å². The molecule has 0 bridgehead atoms. The fourth-order valence-electron chi connectivity index (χ4n) is 2.24. The molecule has 0 aliphatic heterocycles. The van der Waals surface area contributed by atoms with E-state index in [9.17, 15) is 9.59 Å². The summed E-state index contributed by atoms with van der Waals surface area (Å²) in [5.74, 6) is -0.789. The van der Waals surface area contributed by atoms with Crippen LogP contribution in [0.1, 0.15) is 40.1 Å². The first-order chi connectivity index (χ1) is 11.4. The minimum Gasteiger partial charge on any atom is -0.459 e. The van der Waals surface area contributed by atoms with Crippen molar-refractivity contribution in [3.05, 3.63) is 65.2 Å². The summed E-state index contributed by atoms with van der Waals surface area (Å²) in [4.78, 5) is 26.3. The molecule has 0 aliphatic carbocycles. The van der Waals surface area contributed by atoms with Gasteiger partial charge < -0.3 is 9.64 Å². The third-order valence-electron chi connectivity index (χ3n) is 3.37. The van der Waals surface area contributed by atoms with Crippen molar-refractivity contribution in [2.75, 3.05) is 11.9 Å². The molecular weight excluding hydrogens is 304 g/mol. The average molecular weight is 322 g/mol. The highest BCUT2D eigenvalue weighted by molar-refractivity contribution is 6.09. The maximum Gasteiger partial charge on any atom is 0.340 e. The van der Waals surface area contributed by atoms with Crippen LogP contribution in [0.25, 0.3) is 0 Å². The third-order valence-corrected chi connectivity index (χ3v) is 3.37. The Morgan fingerprint density at radius 1 is 1.12 bits per heavy atom. The van der Waals surface area contributed by atoms with E-state index in [4.69, 9.17) is 10.00 Å². The zero-order valence-corrected chi connectivity index (χ0v) is 13.8. The molecule has 2 aromatic carbocycles. The lowest BCUT2D eigenvalue weighted by Crippen LogP contribution is -2.28. The molecule has 0 heterocycles. The summed E-state index contributed by atoms with van der Waals surface area (Å²) in [6.45, 7) is 3.53. The molecular formula is C19H18N2O3. The lowest BCUT2D eigenvalue weighted by Gasteiger charge is -2.20. The van der Waals surface area contributed by atoms with Gasteiger partial charge in [-0.25, -0.2) is 4.79 Å². The van der Waals surface area contributed by atoms with Gasteiger partial charge in [-0.1, -0.05) is 18.2 Å². The van der Waals surface area contributed by atoms with Crippen LogP contribution in [0.3, 0.4) is 0 Å². The number of nitrogens with zero attached hydrogens (tertiary/aromatic N) is 2. The number of anilines is 1. The first kappa shape index (κ1) is 17.2. The van der Waals surface area contributed by atoms with Gasteiger partial charge in [0.05, 0.1) is 29.0 Å². The molecule has 122 valence electrons. The minimum atomic E-state index is -0.481. The molecule has 2 rings (SSSR count). The van der Waals surface area contributed by atoms with Crippen molar-refractivity contribution < 1.29 is 14.3 Å². The van der Waals surface area contributed by atoms with Crippen LogP contribution in [0.2, 0.25) is 0 Å². The number of benzene rings is 2. The van der Waals surface area contributed by atoms with E-state index in [0.29, 0.717) is 22.4 Å². The SMILES string of the molecule is CC(C)OC(=O)c1ccccc1N(C)C(=O)c1cccc(C#N)c1. The maximum atomic E-state index is 12.7. The van der Waals surface area contributed by atoms with Crippen LogP contribution in [-0.4, -0.2) is 25.0 Å². The number of para-hydroxylation sites is 1. The molecule has 0 unspecified atom stereocenters. The van der Waals surface area contributed by atoms with Gasteiger partial charge in [-0.15, -0.1) is 0 Å². The lowest BCUT2D eigenvalue weighted by atomic mass is 10.1. The van der Waals surface area contributed by atoms with Crippen molar-refractivity contribution in [2.24, 2.45) is 0 Å². The Morgan fingerprint density at radius 3 is 2.50 bits per heavy atom. The summed E-state index contributed by atoms with van der Waals surface area (Å²) in [5, 5.41) is 8.96. The molecule has 0 atom stereocenters. The molecule has 0 spiro atoms. The van der Waals surface area contributed by atoms with Crippen molar-refractivity contribution in [2.45, 2.75) is 20.0 Å². The molecule has 0 saturated carbocycles. The summed E-state index contributed by atoms with van der Waals surface area (Å²) in [6, 6.07) is 15.2. The van der Waals surface area contributed by atoms with Crippen molar-refractivity contribution in [1.29, 1.82) is 5.26 Å². The smallest absolute Gasteiger partial charge is 0.340 e. The van der Waals surface area contributed by atoms with Crippen LogP contribution in [0.15, 0.2) is 48.5 Å². The molecule has 0 N–H and O–H groups in total. The van der Waals surface area contributed by atoms with Crippen LogP contribution in [0, 0.1) is 11.3 Å². The number of nitriles is 1. The van der Waals surface area contributed by atoms with Crippen LogP contribution >= 0.6 is 0 Å². The van der Waals surface area contributed by atoms with E-state index < -0.39 is 5.97 Å². The van der Waals surface area contributed by atoms with Gasteiger partial charge in [0, 0.05) is 12.6 Å². The van der Waals surface area contributed by atoms with Gasteiger partial charge in [-0.3, -0.25) is 4.79 Å². The second-order valence-electron chi connectivity index (χ2n) is 5.53. The maximum absolute atomic E-state index is 12.7. The Labute approximate surface area is 141 Å². The standard InChI is InChI=1S/C19H18N2O3/c1-13(2)24-19(23)16-9-4-5-10-17(16)21(3)18(22)15-8-6-7-14(11-15)12-20/h4-11,13H,1-3H3. The van der Waals surface area contributed by atoms with E-state index >= 15 is 0 Å². The highest BCUT2D eigenvalue weighted by atomic mass is 16.5. The molecule has 0 saturated heterocycles. The Morgan fingerprint density at radius 2 is 1.83 bits per heavy atom. The van der Waals surface area contributed by atoms with E-state index in [2.05, 4.69) is 0 Å². The molecule has 5 nitrogen and oxygen atoms in total. The fraction of sp³-hybridized carbons (Fsp3) is 0.211. The van der Waals surface area contributed by atoms with Gasteiger partial charge in [0.1, 0.15) is 0 Å². The van der Waals surface area contributed by atoms with Gasteiger partial charge in [0.2, 0.25) is 0 Å². The van der Waals surface area contributed by atoms with Crippen LogP contribution in [0.5, 0.6) is 0 Å².